The fourth-order valence-electron chi connectivity index (χ4n) is 1.82. The third kappa shape index (κ3) is 1.70. The Bertz CT molecular complexity index is 327. The van der Waals surface area contributed by atoms with Crippen molar-refractivity contribution in [1.82, 2.24) is 9.97 Å². The summed E-state index contributed by atoms with van der Waals surface area (Å²) in [4.78, 5) is 10.6. The number of nitrogens with zero attached hydrogens (tertiary/aromatic N) is 3. The van der Waals surface area contributed by atoms with Gasteiger partial charge in [-0.2, -0.15) is 0 Å². The molecule has 1 aliphatic heterocycles. The van der Waals surface area contributed by atoms with Gasteiger partial charge in [0.2, 0.25) is 0 Å². The second-order valence-electron chi connectivity index (χ2n) is 4.59. The molecule has 0 saturated carbocycles. The van der Waals surface area contributed by atoms with Crippen LogP contribution in [-0.4, -0.2) is 23.1 Å². The maximum atomic E-state index is 5.52. The van der Waals surface area contributed by atoms with Crippen LogP contribution in [0.5, 0.6) is 0 Å². The summed E-state index contributed by atoms with van der Waals surface area (Å²) in [7, 11) is 0. The predicted molar refractivity (Wildman–Crippen MR) is 55.9 cm³/mol. The van der Waals surface area contributed by atoms with Crippen LogP contribution in [-0.2, 0) is 6.54 Å². The van der Waals surface area contributed by atoms with Crippen molar-refractivity contribution in [3.63, 3.8) is 0 Å². The Labute approximate surface area is 84.2 Å². The van der Waals surface area contributed by atoms with Gasteiger partial charge >= 0.3 is 0 Å². The molecule has 2 heterocycles. The summed E-state index contributed by atoms with van der Waals surface area (Å²) in [6.45, 7) is 7.12. The highest BCUT2D eigenvalue weighted by molar-refractivity contribution is 5.42. The molecule has 0 atom stereocenters. The first-order valence-electron chi connectivity index (χ1n) is 4.87. The largest absolute Gasteiger partial charge is 0.355 e. The molecule has 0 radical (unpaired) electrons. The molecule has 2 N–H and O–H groups in total. The van der Waals surface area contributed by atoms with E-state index in [1.54, 1.807) is 6.33 Å². The highest BCUT2D eigenvalue weighted by Gasteiger charge is 2.34. The molecule has 2 rings (SSSR count). The summed E-state index contributed by atoms with van der Waals surface area (Å²) < 4.78 is 0. The van der Waals surface area contributed by atoms with E-state index in [1.807, 2.05) is 6.07 Å². The van der Waals surface area contributed by atoms with Crippen molar-refractivity contribution in [1.29, 1.82) is 0 Å². The zero-order valence-electron chi connectivity index (χ0n) is 8.70. The van der Waals surface area contributed by atoms with Gasteiger partial charge in [0.1, 0.15) is 12.1 Å². The molecule has 1 saturated heterocycles. The molecule has 0 bridgehead atoms. The van der Waals surface area contributed by atoms with Crippen LogP contribution in [0.2, 0.25) is 0 Å². The van der Waals surface area contributed by atoms with Gasteiger partial charge in [-0.25, -0.2) is 9.97 Å². The van der Waals surface area contributed by atoms with E-state index in [-0.39, 0.29) is 0 Å². The quantitative estimate of drug-likeness (QED) is 0.752. The molecule has 1 fully saturated rings. The zero-order valence-corrected chi connectivity index (χ0v) is 8.70. The Morgan fingerprint density at radius 2 is 2.14 bits per heavy atom. The van der Waals surface area contributed by atoms with Crippen LogP contribution in [0.4, 0.5) is 5.82 Å². The average Bonchev–Trinajstić information content (AvgIpc) is 2.14. The smallest absolute Gasteiger partial charge is 0.132 e. The van der Waals surface area contributed by atoms with E-state index in [0.717, 1.165) is 24.6 Å². The van der Waals surface area contributed by atoms with Gasteiger partial charge in [-0.3, -0.25) is 0 Å². The maximum Gasteiger partial charge on any atom is 0.132 e. The Kier molecular flexibility index (Phi) is 2.15. The van der Waals surface area contributed by atoms with Crippen molar-refractivity contribution in [2.45, 2.75) is 20.4 Å². The number of hydrogen-bond donors (Lipinski definition) is 1. The van der Waals surface area contributed by atoms with Gasteiger partial charge in [0, 0.05) is 25.7 Å². The second kappa shape index (κ2) is 3.20. The van der Waals surface area contributed by atoms with E-state index >= 15 is 0 Å². The van der Waals surface area contributed by atoms with E-state index in [4.69, 9.17) is 5.73 Å². The molecule has 0 aromatic carbocycles. The van der Waals surface area contributed by atoms with Gasteiger partial charge in [-0.05, 0) is 5.41 Å². The molecule has 1 aliphatic rings. The summed E-state index contributed by atoms with van der Waals surface area (Å²) in [6.07, 6.45) is 1.59. The van der Waals surface area contributed by atoms with Gasteiger partial charge in [0.05, 0.1) is 5.69 Å². The molecule has 0 amide bonds. The van der Waals surface area contributed by atoms with E-state index in [0.29, 0.717) is 12.0 Å². The van der Waals surface area contributed by atoms with Crippen LogP contribution in [0.1, 0.15) is 19.5 Å². The van der Waals surface area contributed by atoms with Crippen LogP contribution in [0.25, 0.3) is 0 Å². The summed E-state index contributed by atoms with van der Waals surface area (Å²) >= 11 is 0. The fraction of sp³-hybridized carbons (Fsp3) is 0.600. The molecule has 1 aromatic rings. The van der Waals surface area contributed by atoms with Crippen molar-refractivity contribution in [2.24, 2.45) is 11.1 Å². The highest BCUT2D eigenvalue weighted by atomic mass is 15.3. The molecule has 14 heavy (non-hydrogen) atoms. The number of hydrogen-bond acceptors (Lipinski definition) is 4. The third-order valence-corrected chi connectivity index (χ3v) is 2.48. The molecule has 0 spiro atoms. The van der Waals surface area contributed by atoms with E-state index in [9.17, 15) is 0 Å². The number of aromatic nitrogens is 2. The van der Waals surface area contributed by atoms with Gasteiger partial charge in [0.25, 0.3) is 0 Å². The lowest BCUT2D eigenvalue weighted by Gasteiger charge is -2.46. The van der Waals surface area contributed by atoms with Crippen molar-refractivity contribution >= 4 is 5.82 Å². The number of rotatable bonds is 2. The Morgan fingerprint density at radius 3 is 2.71 bits per heavy atom. The van der Waals surface area contributed by atoms with Crippen LogP contribution in [0.15, 0.2) is 12.4 Å². The lowest BCUT2D eigenvalue weighted by Crippen LogP contribution is -2.53. The molecule has 4 heteroatoms. The number of anilines is 1. The fourth-order valence-corrected chi connectivity index (χ4v) is 1.82. The lowest BCUT2D eigenvalue weighted by molar-refractivity contribution is 0.274. The standard InChI is InChI=1S/C10H16N4/c1-10(2)5-14(6-10)9-3-8(4-11)12-7-13-9/h3,7H,4-6,11H2,1-2H3. The van der Waals surface area contributed by atoms with E-state index in [2.05, 4.69) is 28.7 Å². The third-order valence-electron chi connectivity index (χ3n) is 2.48. The first-order valence-corrected chi connectivity index (χ1v) is 4.87. The summed E-state index contributed by atoms with van der Waals surface area (Å²) in [5.74, 6) is 1.000. The summed E-state index contributed by atoms with van der Waals surface area (Å²) in [6, 6.07) is 1.97. The zero-order chi connectivity index (χ0) is 10.2. The van der Waals surface area contributed by atoms with Gasteiger partial charge in [0.15, 0.2) is 0 Å². The highest BCUT2D eigenvalue weighted by Crippen LogP contribution is 2.32. The van der Waals surface area contributed by atoms with Crippen molar-refractivity contribution in [3.8, 4) is 0 Å². The molecule has 0 aliphatic carbocycles. The number of nitrogens with two attached hydrogens (primary N) is 1. The van der Waals surface area contributed by atoms with Crippen LogP contribution in [0, 0.1) is 5.41 Å². The molecular formula is C10H16N4. The van der Waals surface area contributed by atoms with Crippen LogP contribution in [0.3, 0.4) is 0 Å². The molecular weight excluding hydrogens is 176 g/mol. The SMILES string of the molecule is CC1(C)CN(c2cc(CN)ncn2)C1. The lowest BCUT2D eigenvalue weighted by atomic mass is 9.84. The van der Waals surface area contributed by atoms with Crippen molar-refractivity contribution < 1.29 is 0 Å². The minimum absolute atomic E-state index is 0.424. The monoisotopic (exact) mass is 192 g/mol. The van der Waals surface area contributed by atoms with Crippen LogP contribution >= 0.6 is 0 Å². The van der Waals surface area contributed by atoms with Gasteiger partial charge < -0.3 is 10.6 Å². The molecule has 1 aromatic heterocycles. The average molecular weight is 192 g/mol. The van der Waals surface area contributed by atoms with E-state index in [1.165, 1.54) is 0 Å². The molecule has 0 unspecified atom stereocenters. The topological polar surface area (TPSA) is 55.0 Å². The molecule has 76 valence electrons. The Morgan fingerprint density at radius 1 is 1.43 bits per heavy atom. The second-order valence-corrected chi connectivity index (χ2v) is 4.59. The first-order chi connectivity index (χ1) is 6.61. The van der Waals surface area contributed by atoms with E-state index < -0.39 is 0 Å². The van der Waals surface area contributed by atoms with Crippen molar-refractivity contribution in [2.75, 3.05) is 18.0 Å². The summed E-state index contributed by atoms with van der Waals surface area (Å²) in [5, 5.41) is 0. The minimum Gasteiger partial charge on any atom is -0.355 e. The Balaban J connectivity index is 2.11. The summed E-state index contributed by atoms with van der Waals surface area (Å²) in [5.41, 5.74) is 6.85. The minimum atomic E-state index is 0.424. The first kappa shape index (κ1) is 9.40. The van der Waals surface area contributed by atoms with Gasteiger partial charge in [-0.1, -0.05) is 13.8 Å². The Hall–Kier alpha value is -1.16. The van der Waals surface area contributed by atoms with Crippen LogP contribution < -0.4 is 10.6 Å². The molecule has 4 nitrogen and oxygen atoms in total. The maximum absolute atomic E-state index is 5.52. The van der Waals surface area contributed by atoms with Crippen molar-refractivity contribution in [3.05, 3.63) is 18.1 Å². The normalized spacial score (nSPS) is 19.2. The van der Waals surface area contributed by atoms with Gasteiger partial charge in [-0.15, -0.1) is 0 Å². The predicted octanol–water partition coefficient (Wildman–Crippen LogP) is 0.782.